The summed E-state index contributed by atoms with van der Waals surface area (Å²) >= 11 is 5.29. The molecule has 0 saturated heterocycles. The zero-order valence-electron chi connectivity index (χ0n) is 11.1. The summed E-state index contributed by atoms with van der Waals surface area (Å²) in [6.45, 7) is 2.28. The van der Waals surface area contributed by atoms with E-state index >= 15 is 0 Å². The third kappa shape index (κ3) is 3.59. The van der Waals surface area contributed by atoms with E-state index in [1.165, 1.54) is 4.88 Å². The fraction of sp³-hybridized carbons (Fsp3) is 0.333. The average molecular weight is 340 g/mol. The second-order valence-electron chi connectivity index (χ2n) is 4.67. The minimum absolute atomic E-state index is 0.0681. The van der Waals surface area contributed by atoms with E-state index in [1.807, 2.05) is 12.1 Å². The summed E-state index contributed by atoms with van der Waals surface area (Å²) in [7, 11) is 2.08. The lowest BCUT2D eigenvalue weighted by molar-refractivity contribution is 0.282. The van der Waals surface area contributed by atoms with Gasteiger partial charge in [0.25, 0.3) is 0 Å². The zero-order valence-corrected chi connectivity index (χ0v) is 13.5. The highest BCUT2D eigenvalue weighted by Gasteiger charge is 2.14. The monoisotopic (exact) mass is 339 g/mol. The number of hydrogen-bond donors (Lipinski definition) is 1. The number of halogens is 1. The van der Waals surface area contributed by atoms with Crippen molar-refractivity contribution < 1.29 is 5.11 Å². The van der Waals surface area contributed by atoms with Gasteiger partial charge in [0.1, 0.15) is 0 Å². The second kappa shape index (κ2) is 6.55. The Balaban J connectivity index is 2.18. The van der Waals surface area contributed by atoms with Crippen molar-refractivity contribution in [1.29, 1.82) is 0 Å². The molecule has 2 aromatic rings. The first-order valence-corrected chi connectivity index (χ1v) is 7.93. The normalized spacial score (nSPS) is 12.4. The highest BCUT2D eigenvalue weighted by molar-refractivity contribution is 9.10. The summed E-state index contributed by atoms with van der Waals surface area (Å²) in [5.74, 6) is 0. The van der Waals surface area contributed by atoms with Crippen molar-refractivity contribution in [1.82, 2.24) is 0 Å². The Kier molecular flexibility index (Phi) is 5.02. The molecule has 0 spiro atoms. The molecule has 1 atom stereocenters. The zero-order chi connectivity index (χ0) is 13.8. The molecule has 1 unspecified atom stereocenters. The maximum Gasteiger partial charge on any atom is 0.0702 e. The van der Waals surface area contributed by atoms with Crippen molar-refractivity contribution in [3.05, 3.63) is 50.6 Å². The number of thiophene rings is 1. The minimum atomic E-state index is 0.0681. The van der Waals surface area contributed by atoms with Crippen LogP contribution in [-0.4, -0.2) is 18.2 Å². The van der Waals surface area contributed by atoms with E-state index in [4.69, 9.17) is 0 Å². The average Bonchev–Trinajstić information content (AvgIpc) is 2.90. The standard InChI is InChI=1S/C15H18BrNOS/c1-11(8-14-4-3-7-19-14)17(2)15-9-13(16)6-5-12(15)10-18/h3-7,9,11,18H,8,10H2,1-2H3. The Labute approximate surface area is 126 Å². The van der Waals surface area contributed by atoms with Gasteiger partial charge in [-0.05, 0) is 30.5 Å². The largest absolute Gasteiger partial charge is 0.392 e. The van der Waals surface area contributed by atoms with Crippen LogP contribution in [0.2, 0.25) is 0 Å². The summed E-state index contributed by atoms with van der Waals surface area (Å²) < 4.78 is 1.04. The molecular weight excluding hydrogens is 322 g/mol. The van der Waals surface area contributed by atoms with E-state index in [0.717, 1.165) is 22.1 Å². The van der Waals surface area contributed by atoms with Crippen LogP contribution in [0.3, 0.4) is 0 Å². The van der Waals surface area contributed by atoms with E-state index in [1.54, 1.807) is 11.3 Å². The molecule has 0 fully saturated rings. The van der Waals surface area contributed by atoms with Crippen LogP contribution in [0.5, 0.6) is 0 Å². The van der Waals surface area contributed by atoms with E-state index in [2.05, 4.69) is 58.4 Å². The Bertz CT molecular complexity index is 527. The van der Waals surface area contributed by atoms with E-state index in [-0.39, 0.29) is 6.61 Å². The van der Waals surface area contributed by atoms with Crippen LogP contribution in [-0.2, 0) is 13.0 Å². The van der Waals surface area contributed by atoms with Crippen molar-refractivity contribution in [2.75, 3.05) is 11.9 Å². The summed E-state index contributed by atoms with van der Waals surface area (Å²) in [6.07, 6.45) is 1.02. The predicted molar refractivity (Wildman–Crippen MR) is 86.0 cm³/mol. The van der Waals surface area contributed by atoms with E-state index < -0.39 is 0 Å². The highest BCUT2D eigenvalue weighted by Crippen LogP contribution is 2.27. The van der Waals surface area contributed by atoms with Gasteiger partial charge in [-0.25, -0.2) is 0 Å². The van der Waals surface area contributed by atoms with Crippen molar-refractivity contribution in [3.8, 4) is 0 Å². The maximum absolute atomic E-state index is 9.46. The predicted octanol–water partition coefficient (Wildman–Crippen LogP) is 4.07. The molecule has 1 heterocycles. The Morgan fingerprint density at radius 2 is 2.16 bits per heavy atom. The third-order valence-electron chi connectivity index (χ3n) is 3.34. The highest BCUT2D eigenvalue weighted by atomic mass is 79.9. The second-order valence-corrected chi connectivity index (χ2v) is 6.62. The van der Waals surface area contributed by atoms with Crippen molar-refractivity contribution >= 4 is 33.0 Å². The number of likely N-dealkylation sites (N-methyl/N-ethyl adjacent to an activating group) is 1. The van der Waals surface area contributed by atoms with Crippen LogP contribution in [0.1, 0.15) is 17.4 Å². The Hall–Kier alpha value is -0.840. The van der Waals surface area contributed by atoms with Crippen LogP contribution < -0.4 is 4.90 Å². The van der Waals surface area contributed by atoms with Crippen LogP contribution >= 0.6 is 27.3 Å². The lowest BCUT2D eigenvalue weighted by Crippen LogP contribution is -2.31. The van der Waals surface area contributed by atoms with Crippen LogP contribution in [0.15, 0.2) is 40.2 Å². The Morgan fingerprint density at radius 1 is 1.37 bits per heavy atom. The van der Waals surface area contributed by atoms with Gasteiger partial charge in [0.05, 0.1) is 6.61 Å². The van der Waals surface area contributed by atoms with Crippen LogP contribution in [0, 0.1) is 0 Å². The van der Waals surface area contributed by atoms with E-state index in [0.29, 0.717) is 6.04 Å². The smallest absolute Gasteiger partial charge is 0.0702 e. The summed E-state index contributed by atoms with van der Waals surface area (Å²) in [5.41, 5.74) is 2.05. The number of aliphatic hydroxyl groups is 1. The molecule has 19 heavy (non-hydrogen) atoms. The Morgan fingerprint density at radius 3 is 2.79 bits per heavy atom. The molecule has 0 amide bonds. The topological polar surface area (TPSA) is 23.5 Å². The van der Waals surface area contributed by atoms with Gasteiger partial charge in [-0.1, -0.05) is 28.1 Å². The molecule has 1 aromatic heterocycles. The van der Waals surface area contributed by atoms with Crippen molar-refractivity contribution in [2.24, 2.45) is 0 Å². The number of nitrogens with zero attached hydrogens (tertiary/aromatic N) is 1. The van der Waals surface area contributed by atoms with Crippen LogP contribution in [0.25, 0.3) is 0 Å². The summed E-state index contributed by atoms with van der Waals surface area (Å²) in [4.78, 5) is 3.62. The number of rotatable bonds is 5. The van der Waals surface area contributed by atoms with Gasteiger partial charge >= 0.3 is 0 Å². The van der Waals surface area contributed by atoms with E-state index in [9.17, 15) is 5.11 Å². The first kappa shape index (κ1) is 14.6. The molecule has 0 bridgehead atoms. The van der Waals surface area contributed by atoms with Gasteiger partial charge in [0.2, 0.25) is 0 Å². The SMILES string of the molecule is CC(Cc1cccs1)N(C)c1cc(Br)ccc1CO. The van der Waals surface area contributed by atoms with Gasteiger partial charge in [-0.3, -0.25) is 0 Å². The molecule has 2 rings (SSSR count). The lowest BCUT2D eigenvalue weighted by atomic mass is 10.1. The molecule has 0 aliphatic rings. The lowest BCUT2D eigenvalue weighted by Gasteiger charge is -2.28. The van der Waals surface area contributed by atoms with Gasteiger partial charge in [-0.2, -0.15) is 0 Å². The molecule has 2 nitrogen and oxygen atoms in total. The molecule has 0 radical (unpaired) electrons. The molecule has 1 N–H and O–H groups in total. The number of aliphatic hydroxyl groups excluding tert-OH is 1. The van der Waals surface area contributed by atoms with Gasteiger partial charge in [0, 0.05) is 40.1 Å². The number of anilines is 1. The summed E-state index contributed by atoms with van der Waals surface area (Å²) in [6, 6.07) is 10.6. The number of benzene rings is 1. The van der Waals surface area contributed by atoms with Gasteiger partial charge in [-0.15, -0.1) is 11.3 Å². The van der Waals surface area contributed by atoms with Gasteiger partial charge in [0.15, 0.2) is 0 Å². The first-order valence-electron chi connectivity index (χ1n) is 6.26. The third-order valence-corrected chi connectivity index (χ3v) is 4.73. The van der Waals surface area contributed by atoms with Crippen LogP contribution in [0.4, 0.5) is 5.69 Å². The van der Waals surface area contributed by atoms with Crippen molar-refractivity contribution in [3.63, 3.8) is 0 Å². The molecule has 0 aliphatic heterocycles. The first-order chi connectivity index (χ1) is 9.11. The molecule has 0 saturated carbocycles. The fourth-order valence-corrected chi connectivity index (χ4v) is 3.27. The quantitative estimate of drug-likeness (QED) is 0.887. The molecule has 102 valence electrons. The summed E-state index contributed by atoms with van der Waals surface area (Å²) in [5, 5.41) is 11.6. The molecular formula is C15H18BrNOS. The molecule has 0 aliphatic carbocycles. The molecule has 1 aromatic carbocycles. The van der Waals surface area contributed by atoms with Gasteiger partial charge < -0.3 is 10.0 Å². The maximum atomic E-state index is 9.46. The van der Waals surface area contributed by atoms with Crippen molar-refractivity contribution in [2.45, 2.75) is 26.0 Å². The fourth-order valence-electron chi connectivity index (χ4n) is 2.09. The number of hydrogen-bond acceptors (Lipinski definition) is 3. The molecule has 4 heteroatoms. The minimum Gasteiger partial charge on any atom is -0.392 e.